The maximum absolute atomic E-state index is 10.9. The lowest BCUT2D eigenvalue weighted by molar-refractivity contribution is -0.140. The summed E-state index contributed by atoms with van der Waals surface area (Å²) < 4.78 is 4.58. The van der Waals surface area contributed by atoms with Crippen molar-refractivity contribution in [1.29, 1.82) is 0 Å². The van der Waals surface area contributed by atoms with Gasteiger partial charge in [0.2, 0.25) is 0 Å². The third kappa shape index (κ3) is 16.5. The highest BCUT2D eigenvalue weighted by atomic mass is 16.5. The summed E-state index contributed by atoms with van der Waals surface area (Å²) in [6, 6.07) is 0. The number of allylic oxidation sites excluding steroid dienone is 8. The van der Waals surface area contributed by atoms with Crippen LogP contribution in [0.15, 0.2) is 60.8 Å². The summed E-state index contributed by atoms with van der Waals surface area (Å²) in [5.41, 5.74) is 0. The summed E-state index contributed by atoms with van der Waals surface area (Å²) >= 11 is 0. The summed E-state index contributed by atoms with van der Waals surface area (Å²) in [7, 11) is 1.41. The predicted octanol–water partition coefficient (Wildman–Crippen LogP) is 5.05. The smallest absolute Gasteiger partial charge is 0.305 e. The Labute approximate surface area is 147 Å². The standard InChI is InChI=1S/C21H32O3/c1-3-4-5-6-11-14-17-20(22)18-15-12-9-7-8-10-13-16-19-21(23)24-2/h4-5,8-12,14-15,18,20,22H,3,6-7,13,16-17,19H2,1-2H3/b5-4+,10-8+,12-9+,14-11+,18-15+/t20-/m0/s1. The number of methoxy groups -OCH3 is 1. The normalized spacial score (nSPS) is 14.0. The predicted molar refractivity (Wildman–Crippen MR) is 102 cm³/mol. The molecule has 0 fully saturated rings. The fraction of sp³-hybridized carbons (Fsp3) is 0.476. The van der Waals surface area contributed by atoms with Crippen molar-refractivity contribution in [2.75, 3.05) is 7.11 Å². The van der Waals surface area contributed by atoms with Gasteiger partial charge in [-0.25, -0.2) is 0 Å². The van der Waals surface area contributed by atoms with Crippen LogP contribution < -0.4 is 0 Å². The van der Waals surface area contributed by atoms with Gasteiger partial charge in [0.15, 0.2) is 0 Å². The zero-order valence-electron chi connectivity index (χ0n) is 15.1. The van der Waals surface area contributed by atoms with Gasteiger partial charge in [0.1, 0.15) is 0 Å². The zero-order valence-corrected chi connectivity index (χ0v) is 15.1. The first-order valence-corrected chi connectivity index (χ1v) is 8.73. The molecular formula is C21H32O3. The van der Waals surface area contributed by atoms with E-state index in [0.29, 0.717) is 12.8 Å². The molecule has 0 bridgehead atoms. The fourth-order valence-corrected chi connectivity index (χ4v) is 1.86. The lowest BCUT2D eigenvalue weighted by Crippen LogP contribution is -1.98. The molecule has 24 heavy (non-hydrogen) atoms. The first-order chi connectivity index (χ1) is 11.7. The van der Waals surface area contributed by atoms with Crippen LogP contribution in [-0.2, 0) is 9.53 Å². The number of rotatable bonds is 13. The lowest BCUT2D eigenvalue weighted by atomic mass is 10.2. The molecule has 1 N–H and O–H groups in total. The van der Waals surface area contributed by atoms with Gasteiger partial charge in [0.05, 0.1) is 13.2 Å². The van der Waals surface area contributed by atoms with E-state index in [1.807, 2.05) is 24.3 Å². The van der Waals surface area contributed by atoms with Crippen LogP contribution in [0.5, 0.6) is 0 Å². The van der Waals surface area contributed by atoms with E-state index in [-0.39, 0.29) is 5.97 Å². The van der Waals surface area contributed by atoms with Crippen molar-refractivity contribution in [2.24, 2.45) is 0 Å². The molecule has 0 saturated carbocycles. The number of unbranched alkanes of at least 4 members (excludes halogenated alkanes) is 1. The average Bonchev–Trinajstić information content (AvgIpc) is 2.59. The van der Waals surface area contributed by atoms with Crippen molar-refractivity contribution in [3.63, 3.8) is 0 Å². The molecule has 0 heterocycles. The Bertz CT molecular complexity index is 442. The summed E-state index contributed by atoms with van der Waals surface area (Å²) in [6.07, 6.45) is 25.4. The van der Waals surface area contributed by atoms with E-state index in [4.69, 9.17) is 0 Å². The topological polar surface area (TPSA) is 46.5 Å². The van der Waals surface area contributed by atoms with Gasteiger partial charge in [0.25, 0.3) is 0 Å². The van der Waals surface area contributed by atoms with Gasteiger partial charge in [-0.2, -0.15) is 0 Å². The summed E-state index contributed by atoms with van der Waals surface area (Å²) in [6.45, 7) is 2.11. The number of hydrogen-bond acceptors (Lipinski definition) is 3. The highest BCUT2D eigenvalue weighted by Gasteiger charge is 1.96. The van der Waals surface area contributed by atoms with Crippen molar-refractivity contribution in [3.8, 4) is 0 Å². The molecule has 1 atom stereocenters. The molecule has 0 saturated heterocycles. The van der Waals surface area contributed by atoms with Crippen LogP contribution >= 0.6 is 0 Å². The van der Waals surface area contributed by atoms with Gasteiger partial charge in [-0.15, -0.1) is 0 Å². The Hall–Kier alpha value is -1.87. The monoisotopic (exact) mass is 332 g/mol. The third-order valence-corrected chi connectivity index (χ3v) is 3.22. The molecule has 0 aromatic heterocycles. The molecule has 0 aliphatic heterocycles. The minimum Gasteiger partial charge on any atom is -0.469 e. The SMILES string of the molecule is CC/C=C/C/C=C/C[C@H](O)/C=C/C=C/C/C=C/CCCC(=O)OC. The van der Waals surface area contributed by atoms with E-state index in [1.54, 1.807) is 6.08 Å². The number of aliphatic hydroxyl groups is 1. The Morgan fingerprint density at radius 2 is 1.71 bits per heavy atom. The number of carbonyl (C=O) groups excluding carboxylic acids is 1. The van der Waals surface area contributed by atoms with Crippen LogP contribution in [0.3, 0.4) is 0 Å². The maximum atomic E-state index is 10.9. The lowest BCUT2D eigenvalue weighted by Gasteiger charge is -1.98. The van der Waals surface area contributed by atoms with Crippen molar-refractivity contribution in [1.82, 2.24) is 0 Å². The molecule has 0 aliphatic carbocycles. The molecule has 3 nitrogen and oxygen atoms in total. The number of aliphatic hydroxyl groups excluding tert-OH is 1. The van der Waals surface area contributed by atoms with E-state index in [9.17, 15) is 9.90 Å². The molecule has 0 aliphatic rings. The van der Waals surface area contributed by atoms with E-state index in [1.165, 1.54) is 7.11 Å². The Balaban J connectivity index is 3.68. The van der Waals surface area contributed by atoms with Gasteiger partial charge in [0, 0.05) is 6.42 Å². The summed E-state index contributed by atoms with van der Waals surface area (Å²) in [5.74, 6) is -0.153. The van der Waals surface area contributed by atoms with Crippen LogP contribution in [0.25, 0.3) is 0 Å². The van der Waals surface area contributed by atoms with Crippen molar-refractivity contribution in [3.05, 3.63) is 60.8 Å². The van der Waals surface area contributed by atoms with Gasteiger partial charge in [-0.1, -0.05) is 67.7 Å². The van der Waals surface area contributed by atoms with Crippen LogP contribution in [0.2, 0.25) is 0 Å². The highest BCUT2D eigenvalue weighted by Crippen LogP contribution is 2.00. The minimum atomic E-state index is -0.435. The largest absolute Gasteiger partial charge is 0.469 e. The van der Waals surface area contributed by atoms with E-state index < -0.39 is 6.10 Å². The molecule has 0 amide bonds. The number of esters is 1. The average molecular weight is 332 g/mol. The van der Waals surface area contributed by atoms with Gasteiger partial charge in [-0.3, -0.25) is 4.79 Å². The Kier molecular flexibility index (Phi) is 16.1. The van der Waals surface area contributed by atoms with Crippen LogP contribution in [0.4, 0.5) is 0 Å². The number of hydrogen-bond donors (Lipinski definition) is 1. The second kappa shape index (κ2) is 17.5. The molecule has 0 radical (unpaired) electrons. The molecule has 0 spiro atoms. The second-order valence-corrected chi connectivity index (χ2v) is 5.38. The van der Waals surface area contributed by atoms with Crippen LogP contribution in [-0.4, -0.2) is 24.3 Å². The third-order valence-electron chi connectivity index (χ3n) is 3.22. The number of ether oxygens (including phenoxy) is 1. The van der Waals surface area contributed by atoms with Gasteiger partial charge < -0.3 is 9.84 Å². The van der Waals surface area contributed by atoms with Crippen molar-refractivity contribution < 1.29 is 14.6 Å². The summed E-state index contributed by atoms with van der Waals surface area (Å²) in [5, 5.41) is 9.78. The molecule has 0 rings (SSSR count). The fourth-order valence-electron chi connectivity index (χ4n) is 1.86. The highest BCUT2D eigenvalue weighted by molar-refractivity contribution is 5.69. The zero-order chi connectivity index (χ0) is 17.9. The van der Waals surface area contributed by atoms with E-state index >= 15 is 0 Å². The first-order valence-electron chi connectivity index (χ1n) is 8.73. The molecule has 0 unspecified atom stereocenters. The van der Waals surface area contributed by atoms with Crippen molar-refractivity contribution >= 4 is 5.97 Å². The maximum Gasteiger partial charge on any atom is 0.305 e. The first kappa shape index (κ1) is 22.1. The minimum absolute atomic E-state index is 0.153. The molecule has 0 aromatic carbocycles. The number of carbonyl (C=O) groups is 1. The van der Waals surface area contributed by atoms with Crippen LogP contribution in [0, 0.1) is 0 Å². The van der Waals surface area contributed by atoms with Crippen LogP contribution in [0.1, 0.15) is 51.9 Å². The molecule has 134 valence electrons. The van der Waals surface area contributed by atoms with Gasteiger partial charge >= 0.3 is 5.97 Å². The Morgan fingerprint density at radius 3 is 2.46 bits per heavy atom. The second-order valence-electron chi connectivity index (χ2n) is 5.38. The van der Waals surface area contributed by atoms with Crippen molar-refractivity contribution in [2.45, 2.75) is 58.0 Å². The molecular weight excluding hydrogens is 300 g/mol. The quantitative estimate of drug-likeness (QED) is 0.222. The van der Waals surface area contributed by atoms with Gasteiger partial charge in [-0.05, 0) is 38.5 Å². The molecule has 3 heteroatoms. The Morgan fingerprint density at radius 1 is 1.00 bits per heavy atom. The summed E-state index contributed by atoms with van der Waals surface area (Å²) in [4.78, 5) is 10.9. The van der Waals surface area contributed by atoms with E-state index in [0.717, 1.165) is 32.1 Å². The molecule has 0 aromatic rings. The van der Waals surface area contributed by atoms with E-state index in [2.05, 4.69) is 42.0 Å².